The van der Waals surface area contributed by atoms with Crippen LogP contribution in [0.2, 0.25) is 0 Å². The van der Waals surface area contributed by atoms with Crippen LogP contribution in [0.1, 0.15) is 50.3 Å². The Balaban J connectivity index is 1.76. The molecule has 0 bridgehead atoms. The number of hydrogen-bond donors (Lipinski definition) is 1. The maximum absolute atomic E-state index is 6.12. The molecule has 1 saturated heterocycles. The van der Waals surface area contributed by atoms with Crippen LogP contribution in [-0.2, 0) is 4.74 Å². The van der Waals surface area contributed by atoms with Crippen molar-refractivity contribution in [1.82, 2.24) is 5.32 Å². The molecule has 1 aliphatic carbocycles. The minimum absolute atomic E-state index is 0.168. The molecule has 2 heterocycles. The predicted molar refractivity (Wildman–Crippen MR) is 78.1 cm³/mol. The van der Waals surface area contributed by atoms with Crippen molar-refractivity contribution >= 4 is 15.9 Å². The van der Waals surface area contributed by atoms with E-state index in [-0.39, 0.29) is 5.60 Å². The third-order valence-corrected chi connectivity index (χ3v) is 5.15. The summed E-state index contributed by atoms with van der Waals surface area (Å²) in [5.41, 5.74) is 0.168. The first-order chi connectivity index (χ1) is 9.22. The molecule has 3 rings (SSSR count). The van der Waals surface area contributed by atoms with Gasteiger partial charge in [0.1, 0.15) is 5.76 Å². The summed E-state index contributed by atoms with van der Waals surface area (Å²) in [7, 11) is 2.03. The molecule has 106 valence electrons. The van der Waals surface area contributed by atoms with Crippen molar-refractivity contribution in [3.8, 4) is 0 Å². The molecule has 2 aliphatic rings. The van der Waals surface area contributed by atoms with E-state index in [0.717, 1.165) is 29.9 Å². The highest BCUT2D eigenvalue weighted by Gasteiger charge is 2.42. The van der Waals surface area contributed by atoms with Crippen molar-refractivity contribution in [3.63, 3.8) is 0 Å². The van der Waals surface area contributed by atoms with Gasteiger partial charge >= 0.3 is 0 Å². The van der Waals surface area contributed by atoms with Crippen LogP contribution in [0.25, 0.3) is 0 Å². The molecule has 2 atom stereocenters. The zero-order valence-corrected chi connectivity index (χ0v) is 13.0. The fraction of sp³-hybridized carbons (Fsp3) is 0.733. The first kappa shape index (κ1) is 13.7. The molecule has 19 heavy (non-hydrogen) atoms. The van der Waals surface area contributed by atoms with Crippen molar-refractivity contribution in [1.29, 1.82) is 0 Å². The van der Waals surface area contributed by atoms with E-state index >= 15 is 0 Å². The van der Waals surface area contributed by atoms with Gasteiger partial charge in [-0.3, -0.25) is 0 Å². The molecule has 1 aliphatic heterocycles. The Labute approximate surface area is 123 Å². The van der Waals surface area contributed by atoms with Gasteiger partial charge in [0.2, 0.25) is 0 Å². The van der Waals surface area contributed by atoms with Gasteiger partial charge in [0.15, 0.2) is 4.67 Å². The summed E-state index contributed by atoms with van der Waals surface area (Å²) in [4.78, 5) is 0. The van der Waals surface area contributed by atoms with Crippen molar-refractivity contribution in [2.45, 2.75) is 50.2 Å². The van der Waals surface area contributed by atoms with Crippen molar-refractivity contribution in [2.75, 3.05) is 13.7 Å². The third kappa shape index (κ3) is 2.76. The van der Waals surface area contributed by atoms with E-state index in [0.29, 0.717) is 12.0 Å². The van der Waals surface area contributed by atoms with Crippen LogP contribution in [0.5, 0.6) is 0 Å². The van der Waals surface area contributed by atoms with Crippen molar-refractivity contribution < 1.29 is 9.15 Å². The summed E-state index contributed by atoms with van der Waals surface area (Å²) in [5.74, 6) is 1.64. The quantitative estimate of drug-likeness (QED) is 0.909. The normalized spacial score (nSPS) is 27.8. The first-order valence-electron chi connectivity index (χ1n) is 7.29. The van der Waals surface area contributed by atoms with Gasteiger partial charge in [-0.1, -0.05) is 12.8 Å². The second kappa shape index (κ2) is 5.58. The number of furan rings is 1. The molecule has 1 aromatic heterocycles. The summed E-state index contributed by atoms with van der Waals surface area (Å²) in [6.45, 7) is 0.894. The van der Waals surface area contributed by atoms with Gasteiger partial charge in [-0.2, -0.15) is 0 Å². The molecule has 0 amide bonds. The lowest BCUT2D eigenvalue weighted by molar-refractivity contribution is -0.0988. The van der Waals surface area contributed by atoms with Gasteiger partial charge < -0.3 is 14.5 Å². The third-order valence-electron chi connectivity index (χ3n) is 4.73. The highest BCUT2D eigenvalue weighted by atomic mass is 79.9. The molecule has 1 N–H and O–H groups in total. The molecule has 1 saturated carbocycles. The maximum atomic E-state index is 6.12. The topological polar surface area (TPSA) is 34.4 Å². The minimum atomic E-state index is 0.168. The lowest BCUT2D eigenvalue weighted by Crippen LogP contribution is -2.41. The molecule has 4 heteroatoms. The molecular weight excluding hydrogens is 306 g/mol. The zero-order valence-electron chi connectivity index (χ0n) is 11.5. The van der Waals surface area contributed by atoms with Crippen molar-refractivity contribution in [2.24, 2.45) is 5.92 Å². The van der Waals surface area contributed by atoms with Gasteiger partial charge in [-0.25, -0.2) is 0 Å². The highest BCUT2D eigenvalue weighted by molar-refractivity contribution is 9.10. The van der Waals surface area contributed by atoms with Gasteiger partial charge in [0, 0.05) is 6.61 Å². The Kier molecular flexibility index (Phi) is 4.01. The van der Waals surface area contributed by atoms with Crippen LogP contribution >= 0.6 is 15.9 Å². The molecular formula is C15H22BrNO2. The number of nitrogens with one attached hydrogen (secondary N) is 1. The lowest BCUT2D eigenvalue weighted by atomic mass is 9.80. The minimum Gasteiger partial charge on any atom is -0.453 e. The fourth-order valence-corrected chi connectivity index (χ4v) is 4.14. The van der Waals surface area contributed by atoms with Gasteiger partial charge in [0.25, 0.3) is 0 Å². The standard InChI is InChI=1S/C15H22BrNO2/c1-17-14(12-4-5-13(16)19-12)11-6-9-18-15(10-11)7-2-3-8-15/h4-5,11,14,17H,2-3,6-10H2,1H3. The lowest BCUT2D eigenvalue weighted by Gasteiger charge is -2.40. The Morgan fingerprint density at radius 3 is 2.79 bits per heavy atom. The van der Waals surface area contributed by atoms with Gasteiger partial charge in [0.05, 0.1) is 11.6 Å². The average Bonchev–Trinajstić information content (AvgIpc) is 3.01. The smallest absolute Gasteiger partial charge is 0.169 e. The average molecular weight is 328 g/mol. The molecule has 3 nitrogen and oxygen atoms in total. The second-order valence-electron chi connectivity index (χ2n) is 5.90. The van der Waals surface area contributed by atoms with Crippen LogP contribution in [0, 0.1) is 5.92 Å². The molecule has 0 radical (unpaired) electrons. The summed E-state index contributed by atoms with van der Waals surface area (Å²) >= 11 is 3.39. The molecule has 1 spiro atoms. The maximum Gasteiger partial charge on any atom is 0.169 e. The Morgan fingerprint density at radius 1 is 1.37 bits per heavy atom. The first-order valence-corrected chi connectivity index (χ1v) is 8.08. The summed E-state index contributed by atoms with van der Waals surface area (Å²) < 4.78 is 12.7. The number of ether oxygens (including phenoxy) is 1. The van der Waals surface area contributed by atoms with Gasteiger partial charge in [-0.05, 0) is 66.7 Å². The van der Waals surface area contributed by atoms with Crippen LogP contribution < -0.4 is 5.32 Å². The summed E-state index contributed by atoms with van der Waals surface area (Å²) in [6.07, 6.45) is 7.40. The van der Waals surface area contributed by atoms with E-state index in [9.17, 15) is 0 Å². The van der Waals surface area contributed by atoms with E-state index in [2.05, 4.69) is 27.3 Å². The Hall–Kier alpha value is -0.320. The molecule has 0 aromatic carbocycles. The van der Waals surface area contributed by atoms with Crippen LogP contribution in [0.15, 0.2) is 21.2 Å². The number of rotatable bonds is 3. The predicted octanol–water partition coefficient (Wildman–Crippen LogP) is 4.04. The van der Waals surface area contributed by atoms with E-state index < -0.39 is 0 Å². The second-order valence-corrected chi connectivity index (χ2v) is 6.68. The Morgan fingerprint density at radius 2 is 2.16 bits per heavy atom. The molecule has 1 aromatic rings. The zero-order chi connectivity index (χ0) is 13.3. The monoisotopic (exact) mass is 327 g/mol. The summed E-state index contributed by atoms with van der Waals surface area (Å²) in [6, 6.07) is 4.35. The van der Waals surface area contributed by atoms with E-state index in [1.54, 1.807) is 0 Å². The Bertz CT molecular complexity index is 426. The highest BCUT2D eigenvalue weighted by Crippen LogP contribution is 2.45. The molecule has 2 fully saturated rings. The fourth-order valence-electron chi connectivity index (χ4n) is 3.82. The van der Waals surface area contributed by atoms with E-state index in [4.69, 9.17) is 9.15 Å². The number of halogens is 1. The molecule has 2 unspecified atom stereocenters. The van der Waals surface area contributed by atoms with Crippen molar-refractivity contribution in [3.05, 3.63) is 22.6 Å². The largest absolute Gasteiger partial charge is 0.453 e. The summed E-state index contributed by atoms with van der Waals surface area (Å²) in [5, 5.41) is 3.44. The number of hydrogen-bond acceptors (Lipinski definition) is 3. The van der Waals surface area contributed by atoms with E-state index in [1.807, 2.05) is 13.1 Å². The van der Waals surface area contributed by atoms with Crippen LogP contribution in [0.4, 0.5) is 0 Å². The van der Waals surface area contributed by atoms with Crippen LogP contribution in [0.3, 0.4) is 0 Å². The van der Waals surface area contributed by atoms with E-state index in [1.165, 1.54) is 25.7 Å². The van der Waals surface area contributed by atoms with Crippen LogP contribution in [-0.4, -0.2) is 19.3 Å². The SMILES string of the molecule is CNC(c1ccc(Br)o1)C1CCOC2(CCCC2)C1. The van der Waals surface area contributed by atoms with Gasteiger partial charge in [-0.15, -0.1) is 0 Å².